The molecule has 3 heteroatoms. The van der Waals surface area contributed by atoms with E-state index in [0.29, 0.717) is 5.57 Å². The zero-order valence-corrected chi connectivity index (χ0v) is 11.7. The number of rotatable bonds is 3. The van der Waals surface area contributed by atoms with Crippen LogP contribution in [0.3, 0.4) is 0 Å². The van der Waals surface area contributed by atoms with E-state index in [-0.39, 0.29) is 17.9 Å². The van der Waals surface area contributed by atoms with E-state index in [2.05, 4.69) is 0 Å². The smallest absolute Gasteiger partial charge is 0.257 e. The van der Waals surface area contributed by atoms with Gasteiger partial charge in [0.25, 0.3) is 11.8 Å². The zero-order valence-electron chi connectivity index (χ0n) is 11.7. The number of hydrogen-bond donors (Lipinski definition) is 0. The third kappa shape index (κ3) is 2.38. The van der Waals surface area contributed by atoms with Gasteiger partial charge in [-0.3, -0.25) is 14.5 Å². The molecule has 1 aliphatic heterocycles. The summed E-state index contributed by atoms with van der Waals surface area (Å²) in [6.45, 7) is 1.67. The van der Waals surface area contributed by atoms with Gasteiger partial charge in [0.05, 0.1) is 6.04 Å². The summed E-state index contributed by atoms with van der Waals surface area (Å²) in [5.74, 6) is -0.479. The summed E-state index contributed by atoms with van der Waals surface area (Å²) in [6, 6.07) is 18.8. The van der Waals surface area contributed by atoms with Crippen LogP contribution in [0.1, 0.15) is 24.1 Å². The molecule has 3 rings (SSSR count). The molecular formula is C18H15NO2. The van der Waals surface area contributed by atoms with Gasteiger partial charge in [-0.05, 0) is 18.1 Å². The first-order valence-corrected chi connectivity index (χ1v) is 6.84. The minimum atomic E-state index is -0.388. The first-order chi connectivity index (χ1) is 10.2. The normalized spacial score (nSPS) is 14.8. The molecular weight excluding hydrogens is 262 g/mol. The molecule has 0 saturated heterocycles. The van der Waals surface area contributed by atoms with Crippen LogP contribution in [0.4, 0.5) is 0 Å². The Morgan fingerprint density at radius 1 is 0.810 bits per heavy atom. The summed E-state index contributed by atoms with van der Waals surface area (Å²) in [7, 11) is 0. The van der Waals surface area contributed by atoms with Crippen LogP contribution in [-0.2, 0) is 9.59 Å². The number of benzene rings is 2. The van der Waals surface area contributed by atoms with E-state index in [0.717, 1.165) is 11.1 Å². The summed E-state index contributed by atoms with van der Waals surface area (Å²) in [6.07, 6.45) is 1.40. The second-order valence-corrected chi connectivity index (χ2v) is 5.06. The maximum Gasteiger partial charge on any atom is 0.257 e. The van der Waals surface area contributed by atoms with E-state index in [4.69, 9.17) is 0 Å². The van der Waals surface area contributed by atoms with Crippen LogP contribution in [0.2, 0.25) is 0 Å². The molecule has 0 N–H and O–H groups in total. The lowest BCUT2D eigenvalue weighted by Crippen LogP contribution is -2.35. The van der Waals surface area contributed by atoms with E-state index in [1.807, 2.05) is 60.7 Å². The fourth-order valence-electron chi connectivity index (χ4n) is 2.61. The number of amides is 2. The van der Waals surface area contributed by atoms with Crippen LogP contribution in [0.25, 0.3) is 0 Å². The molecule has 0 radical (unpaired) electrons. The molecule has 21 heavy (non-hydrogen) atoms. The Balaban J connectivity index is 2.10. The summed E-state index contributed by atoms with van der Waals surface area (Å²) in [4.78, 5) is 25.9. The first-order valence-electron chi connectivity index (χ1n) is 6.84. The van der Waals surface area contributed by atoms with E-state index in [9.17, 15) is 9.59 Å². The standard InChI is InChI=1S/C18H15NO2/c1-13-12-16(20)19(18(13)21)17(14-8-4-2-5-9-14)15-10-6-3-7-11-15/h2-12,17H,1H3. The van der Waals surface area contributed by atoms with Crippen LogP contribution < -0.4 is 0 Å². The second kappa shape index (κ2) is 5.37. The molecule has 0 fully saturated rings. The summed E-state index contributed by atoms with van der Waals surface area (Å²) in [5, 5.41) is 0. The summed E-state index contributed by atoms with van der Waals surface area (Å²) >= 11 is 0. The van der Waals surface area contributed by atoms with Crippen molar-refractivity contribution in [2.75, 3.05) is 0 Å². The van der Waals surface area contributed by atoms with Crippen molar-refractivity contribution in [2.45, 2.75) is 13.0 Å². The lowest BCUT2D eigenvalue weighted by molar-refractivity contribution is -0.139. The highest BCUT2D eigenvalue weighted by Crippen LogP contribution is 2.32. The Hall–Kier alpha value is -2.68. The van der Waals surface area contributed by atoms with Crippen LogP contribution in [-0.4, -0.2) is 16.7 Å². The Labute approximate surface area is 123 Å². The monoisotopic (exact) mass is 277 g/mol. The number of carbonyl (C=O) groups excluding carboxylic acids is 2. The van der Waals surface area contributed by atoms with Gasteiger partial charge in [-0.15, -0.1) is 0 Å². The van der Waals surface area contributed by atoms with Crippen molar-refractivity contribution >= 4 is 11.8 Å². The first kappa shape index (κ1) is 13.3. The van der Waals surface area contributed by atoms with Crippen molar-refractivity contribution in [3.05, 3.63) is 83.4 Å². The predicted octanol–water partition coefficient (Wildman–Crippen LogP) is 3.09. The number of carbonyl (C=O) groups is 2. The molecule has 0 unspecified atom stereocenters. The van der Waals surface area contributed by atoms with Gasteiger partial charge < -0.3 is 0 Å². The number of hydrogen-bond acceptors (Lipinski definition) is 2. The molecule has 3 nitrogen and oxygen atoms in total. The van der Waals surface area contributed by atoms with Gasteiger partial charge in [0.15, 0.2) is 0 Å². The maximum absolute atomic E-state index is 12.3. The van der Waals surface area contributed by atoms with Crippen LogP contribution >= 0.6 is 0 Å². The highest BCUT2D eigenvalue weighted by atomic mass is 16.2. The number of nitrogens with zero attached hydrogens (tertiary/aromatic N) is 1. The highest BCUT2D eigenvalue weighted by Gasteiger charge is 2.36. The molecule has 0 aliphatic carbocycles. The van der Waals surface area contributed by atoms with E-state index < -0.39 is 0 Å². The van der Waals surface area contributed by atoms with Gasteiger partial charge in [-0.2, -0.15) is 0 Å². The Morgan fingerprint density at radius 2 is 1.29 bits per heavy atom. The molecule has 0 spiro atoms. The van der Waals surface area contributed by atoms with Gasteiger partial charge >= 0.3 is 0 Å². The summed E-state index contributed by atoms with van der Waals surface area (Å²) in [5.41, 5.74) is 2.33. The van der Waals surface area contributed by atoms with Crippen molar-refractivity contribution in [1.29, 1.82) is 0 Å². The van der Waals surface area contributed by atoms with Crippen LogP contribution in [0.5, 0.6) is 0 Å². The Bertz CT molecular complexity index is 665. The van der Waals surface area contributed by atoms with E-state index in [1.165, 1.54) is 11.0 Å². The fraction of sp³-hybridized carbons (Fsp3) is 0.111. The molecule has 1 heterocycles. The third-order valence-corrected chi connectivity index (χ3v) is 3.62. The van der Waals surface area contributed by atoms with Crippen molar-refractivity contribution in [1.82, 2.24) is 4.90 Å². The van der Waals surface area contributed by atoms with Gasteiger partial charge in [0.2, 0.25) is 0 Å². The largest absolute Gasteiger partial charge is 0.269 e. The van der Waals surface area contributed by atoms with Crippen molar-refractivity contribution in [3.8, 4) is 0 Å². The minimum absolute atomic E-state index is 0.224. The highest BCUT2D eigenvalue weighted by molar-refractivity contribution is 6.16. The van der Waals surface area contributed by atoms with Crippen LogP contribution in [0.15, 0.2) is 72.3 Å². The molecule has 0 aromatic heterocycles. The second-order valence-electron chi connectivity index (χ2n) is 5.06. The van der Waals surface area contributed by atoms with E-state index in [1.54, 1.807) is 6.92 Å². The maximum atomic E-state index is 12.3. The quantitative estimate of drug-likeness (QED) is 0.808. The lowest BCUT2D eigenvalue weighted by atomic mass is 9.97. The predicted molar refractivity (Wildman–Crippen MR) is 80.3 cm³/mol. The average Bonchev–Trinajstić information content (AvgIpc) is 2.76. The molecule has 2 aromatic carbocycles. The molecule has 0 saturated carbocycles. The lowest BCUT2D eigenvalue weighted by Gasteiger charge is -2.27. The SMILES string of the molecule is CC1=CC(=O)N(C(c2ccccc2)c2ccccc2)C1=O. The fourth-order valence-corrected chi connectivity index (χ4v) is 2.61. The zero-order chi connectivity index (χ0) is 14.8. The van der Waals surface area contributed by atoms with Crippen molar-refractivity contribution in [2.24, 2.45) is 0 Å². The molecule has 1 aliphatic rings. The van der Waals surface area contributed by atoms with Crippen molar-refractivity contribution in [3.63, 3.8) is 0 Å². The molecule has 0 atom stereocenters. The van der Waals surface area contributed by atoms with Gasteiger partial charge in [-0.1, -0.05) is 60.7 Å². The number of imide groups is 1. The van der Waals surface area contributed by atoms with Crippen LogP contribution in [0, 0.1) is 0 Å². The third-order valence-electron chi connectivity index (χ3n) is 3.62. The van der Waals surface area contributed by atoms with Gasteiger partial charge in [0.1, 0.15) is 0 Å². The topological polar surface area (TPSA) is 37.4 Å². The summed E-state index contributed by atoms with van der Waals surface area (Å²) < 4.78 is 0. The molecule has 2 aromatic rings. The Morgan fingerprint density at radius 3 is 1.67 bits per heavy atom. The van der Waals surface area contributed by atoms with Gasteiger partial charge in [-0.25, -0.2) is 0 Å². The minimum Gasteiger partial charge on any atom is -0.269 e. The average molecular weight is 277 g/mol. The molecule has 2 amide bonds. The molecule has 104 valence electrons. The van der Waals surface area contributed by atoms with E-state index >= 15 is 0 Å². The molecule has 0 bridgehead atoms. The Kier molecular flexibility index (Phi) is 3.40. The van der Waals surface area contributed by atoms with Crippen molar-refractivity contribution < 1.29 is 9.59 Å². The van der Waals surface area contributed by atoms with Gasteiger partial charge in [0, 0.05) is 11.6 Å².